The van der Waals surface area contributed by atoms with Crippen molar-refractivity contribution in [2.45, 2.75) is 45.3 Å². The zero-order valence-corrected chi connectivity index (χ0v) is 13.9. The van der Waals surface area contributed by atoms with Gasteiger partial charge < -0.3 is 24.5 Å². The summed E-state index contributed by atoms with van der Waals surface area (Å²) in [6, 6.07) is -0.113. The number of hydrogen-bond donors (Lipinski definition) is 1. The fourth-order valence-electron chi connectivity index (χ4n) is 2.88. The van der Waals surface area contributed by atoms with Crippen molar-refractivity contribution in [2.24, 2.45) is 0 Å². The van der Waals surface area contributed by atoms with Gasteiger partial charge in [-0.15, -0.1) is 0 Å². The van der Waals surface area contributed by atoms with Gasteiger partial charge in [0.15, 0.2) is 0 Å². The van der Waals surface area contributed by atoms with E-state index in [9.17, 15) is 14.4 Å². The third kappa shape index (κ3) is 4.49. The number of carbonyl (C=O) groups is 3. The lowest BCUT2D eigenvalue weighted by Crippen LogP contribution is -2.54. The molecule has 130 valence electrons. The van der Waals surface area contributed by atoms with Crippen LogP contribution in [0.25, 0.3) is 0 Å². The SMILES string of the molecule is CC(C)(C)OC(=O)N1CCN2C(=O)N(CCCC(=O)O)CC2C1. The first-order valence-electron chi connectivity index (χ1n) is 7.92. The first-order chi connectivity index (χ1) is 10.7. The van der Waals surface area contributed by atoms with Crippen molar-refractivity contribution in [3.05, 3.63) is 0 Å². The molecule has 0 radical (unpaired) electrons. The molecule has 1 N–H and O–H groups in total. The molecule has 0 spiro atoms. The summed E-state index contributed by atoms with van der Waals surface area (Å²) in [5, 5.41) is 8.68. The number of carboxylic acid groups (broad SMARTS) is 1. The van der Waals surface area contributed by atoms with E-state index in [0.29, 0.717) is 39.1 Å². The first kappa shape index (κ1) is 17.4. The van der Waals surface area contributed by atoms with Crippen LogP contribution in [0, 0.1) is 0 Å². The Labute approximate surface area is 136 Å². The Morgan fingerprint density at radius 2 is 1.96 bits per heavy atom. The molecule has 8 heteroatoms. The molecule has 2 rings (SSSR count). The summed E-state index contributed by atoms with van der Waals surface area (Å²) in [4.78, 5) is 40.1. The topological polar surface area (TPSA) is 90.4 Å². The average Bonchev–Trinajstić information content (AvgIpc) is 2.73. The lowest BCUT2D eigenvalue weighted by Gasteiger charge is -2.37. The predicted molar refractivity (Wildman–Crippen MR) is 82.1 cm³/mol. The Bertz CT molecular complexity index is 488. The molecule has 0 aromatic heterocycles. The van der Waals surface area contributed by atoms with Crippen molar-refractivity contribution in [1.82, 2.24) is 14.7 Å². The van der Waals surface area contributed by atoms with Crippen LogP contribution < -0.4 is 0 Å². The molecule has 2 aliphatic heterocycles. The molecule has 3 amide bonds. The largest absolute Gasteiger partial charge is 0.481 e. The van der Waals surface area contributed by atoms with Crippen LogP contribution in [0.2, 0.25) is 0 Å². The molecule has 2 heterocycles. The molecule has 1 unspecified atom stereocenters. The van der Waals surface area contributed by atoms with Gasteiger partial charge in [-0.25, -0.2) is 9.59 Å². The number of piperazine rings is 1. The lowest BCUT2D eigenvalue weighted by molar-refractivity contribution is -0.137. The van der Waals surface area contributed by atoms with Gasteiger partial charge in [0.1, 0.15) is 5.60 Å². The van der Waals surface area contributed by atoms with Crippen molar-refractivity contribution in [1.29, 1.82) is 0 Å². The first-order valence-corrected chi connectivity index (χ1v) is 7.92. The Morgan fingerprint density at radius 3 is 2.57 bits per heavy atom. The number of fused-ring (bicyclic) bond motifs is 1. The summed E-state index contributed by atoms with van der Waals surface area (Å²) in [7, 11) is 0. The van der Waals surface area contributed by atoms with E-state index in [2.05, 4.69) is 0 Å². The van der Waals surface area contributed by atoms with Gasteiger partial charge >= 0.3 is 18.1 Å². The number of carbonyl (C=O) groups excluding carboxylic acids is 2. The molecule has 0 aromatic rings. The zero-order valence-electron chi connectivity index (χ0n) is 13.9. The van der Waals surface area contributed by atoms with Crippen LogP contribution in [0.4, 0.5) is 9.59 Å². The minimum absolute atomic E-state index is 0.0476. The minimum atomic E-state index is -0.856. The molecule has 1 atom stereocenters. The minimum Gasteiger partial charge on any atom is -0.481 e. The average molecular weight is 327 g/mol. The molecule has 2 aliphatic rings. The van der Waals surface area contributed by atoms with E-state index in [1.165, 1.54) is 0 Å². The van der Waals surface area contributed by atoms with E-state index < -0.39 is 11.6 Å². The van der Waals surface area contributed by atoms with Crippen molar-refractivity contribution >= 4 is 18.1 Å². The number of urea groups is 1. The highest BCUT2D eigenvalue weighted by Gasteiger charge is 2.42. The number of ether oxygens (including phenoxy) is 1. The molecule has 2 saturated heterocycles. The van der Waals surface area contributed by atoms with Crippen molar-refractivity contribution in [3.8, 4) is 0 Å². The van der Waals surface area contributed by atoms with Gasteiger partial charge in [-0.05, 0) is 27.2 Å². The highest BCUT2D eigenvalue weighted by molar-refractivity contribution is 5.78. The number of rotatable bonds is 4. The highest BCUT2D eigenvalue weighted by atomic mass is 16.6. The Morgan fingerprint density at radius 1 is 1.26 bits per heavy atom. The smallest absolute Gasteiger partial charge is 0.410 e. The van der Waals surface area contributed by atoms with Crippen LogP contribution >= 0.6 is 0 Å². The number of carboxylic acids is 1. The molecule has 0 saturated carbocycles. The second kappa shape index (κ2) is 6.64. The van der Waals surface area contributed by atoms with E-state index in [0.717, 1.165) is 0 Å². The summed E-state index contributed by atoms with van der Waals surface area (Å²) < 4.78 is 5.38. The van der Waals surface area contributed by atoms with Gasteiger partial charge in [-0.1, -0.05) is 0 Å². The molecular weight excluding hydrogens is 302 g/mol. The number of aliphatic carboxylic acids is 1. The third-order valence-corrected chi connectivity index (χ3v) is 3.90. The summed E-state index contributed by atoms with van der Waals surface area (Å²) in [6.07, 6.45) is 0.143. The molecule has 0 aliphatic carbocycles. The summed E-state index contributed by atoms with van der Waals surface area (Å²) >= 11 is 0. The predicted octanol–water partition coefficient (Wildman–Crippen LogP) is 1.21. The molecule has 8 nitrogen and oxygen atoms in total. The van der Waals surface area contributed by atoms with Gasteiger partial charge in [0.2, 0.25) is 0 Å². The second-order valence-electron chi connectivity index (χ2n) is 7.00. The number of hydrogen-bond acceptors (Lipinski definition) is 4. The molecule has 23 heavy (non-hydrogen) atoms. The zero-order chi connectivity index (χ0) is 17.2. The Balaban J connectivity index is 1.88. The molecule has 0 aromatic carbocycles. The van der Waals surface area contributed by atoms with Gasteiger partial charge in [-0.2, -0.15) is 0 Å². The van der Waals surface area contributed by atoms with E-state index in [1.807, 2.05) is 20.8 Å². The van der Waals surface area contributed by atoms with Crippen LogP contribution in [-0.2, 0) is 9.53 Å². The Hall–Kier alpha value is -1.99. The third-order valence-electron chi connectivity index (χ3n) is 3.90. The molecule has 0 bridgehead atoms. The van der Waals surface area contributed by atoms with Gasteiger partial charge in [0.25, 0.3) is 0 Å². The van der Waals surface area contributed by atoms with E-state index in [4.69, 9.17) is 9.84 Å². The summed E-state index contributed by atoms with van der Waals surface area (Å²) in [6.45, 7) is 7.83. The second-order valence-corrected chi connectivity index (χ2v) is 7.00. The van der Waals surface area contributed by atoms with Crippen LogP contribution in [0.15, 0.2) is 0 Å². The van der Waals surface area contributed by atoms with Gasteiger partial charge in [0.05, 0.1) is 6.04 Å². The summed E-state index contributed by atoms with van der Waals surface area (Å²) in [5.74, 6) is -0.856. The van der Waals surface area contributed by atoms with Crippen molar-refractivity contribution < 1.29 is 24.2 Å². The standard InChI is InChI=1S/C15H25N3O5/c1-15(2,3)23-14(22)17-7-8-18-11(10-17)9-16(13(18)21)6-4-5-12(19)20/h11H,4-10H2,1-3H3,(H,19,20). The maximum atomic E-state index is 12.3. The van der Waals surface area contributed by atoms with Gasteiger partial charge in [0, 0.05) is 39.1 Å². The van der Waals surface area contributed by atoms with E-state index >= 15 is 0 Å². The number of nitrogens with zero attached hydrogens (tertiary/aromatic N) is 3. The van der Waals surface area contributed by atoms with Crippen LogP contribution in [0.1, 0.15) is 33.6 Å². The van der Waals surface area contributed by atoms with Crippen LogP contribution in [0.3, 0.4) is 0 Å². The lowest BCUT2D eigenvalue weighted by atomic mass is 10.2. The quantitative estimate of drug-likeness (QED) is 0.838. The van der Waals surface area contributed by atoms with E-state index in [-0.39, 0.29) is 24.6 Å². The van der Waals surface area contributed by atoms with Gasteiger partial charge in [-0.3, -0.25) is 4.79 Å². The maximum absolute atomic E-state index is 12.3. The van der Waals surface area contributed by atoms with Crippen molar-refractivity contribution in [3.63, 3.8) is 0 Å². The number of amides is 3. The van der Waals surface area contributed by atoms with E-state index in [1.54, 1.807) is 14.7 Å². The fourth-order valence-corrected chi connectivity index (χ4v) is 2.88. The van der Waals surface area contributed by atoms with Crippen LogP contribution in [-0.4, -0.2) is 82.3 Å². The highest BCUT2D eigenvalue weighted by Crippen LogP contribution is 2.22. The van der Waals surface area contributed by atoms with Crippen LogP contribution in [0.5, 0.6) is 0 Å². The summed E-state index contributed by atoms with van der Waals surface area (Å²) in [5.41, 5.74) is -0.539. The Kier molecular flexibility index (Phi) is 5.01. The fraction of sp³-hybridized carbons (Fsp3) is 0.800. The van der Waals surface area contributed by atoms with Crippen molar-refractivity contribution in [2.75, 3.05) is 32.7 Å². The normalized spacial score (nSPS) is 21.4. The monoisotopic (exact) mass is 327 g/mol. The maximum Gasteiger partial charge on any atom is 0.410 e. The molecule has 2 fully saturated rings. The molecular formula is C15H25N3O5.